The molecule has 0 aliphatic carbocycles. The third kappa shape index (κ3) is 4.04. The molecule has 4 rings (SSSR count). The van der Waals surface area contributed by atoms with Gasteiger partial charge in [0.15, 0.2) is 17.3 Å². The summed E-state index contributed by atoms with van der Waals surface area (Å²) in [6.07, 6.45) is 2.59. The van der Waals surface area contributed by atoms with Crippen LogP contribution in [-0.4, -0.2) is 25.1 Å². The van der Waals surface area contributed by atoms with E-state index in [2.05, 4.69) is 18.0 Å². The smallest absolute Gasteiger partial charge is 0.295 e. The molecule has 0 fully saturated rings. The van der Waals surface area contributed by atoms with E-state index in [9.17, 15) is 4.79 Å². The zero-order chi connectivity index (χ0) is 22.7. The summed E-state index contributed by atoms with van der Waals surface area (Å²) in [6, 6.07) is 17.1. The Kier molecular flexibility index (Phi) is 6.12. The van der Waals surface area contributed by atoms with E-state index in [-0.39, 0.29) is 5.91 Å². The van der Waals surface area contributed by atoms with Crippen LogP contribution in [0.1, 0.15) is 34.2 Å². The largest absolute Gasteiger partial charge is 0.493 e. The average molecular weight is 431 g/mol. The van der Waals surface area contributed by atoms with Crippen LogP contribution in [0.4, 0.5) is 5.82 Å². The Hall–Kier alpha value is -3.80. The van der Waals surface area contributed by atoms with Crippen molar-refractivity contribution < 1.29 is 18.7 Å². The lowest BCUT2D eigenvalue weighted by atomic mass is 10.1. The van der Waals surface area contributed by atoms with Gasteiger partial charge in [-0.25, -0.2) is 4.98 Å². The van der Waals surface area contributed by atoms with Crippen LogP contribution in [-0.2, 0) is 13.0 Å². The summed E-state index contributed by atoms with van der Waals surface area (Å²) in [5.41, 5.74) is 3.61. The molecule has 0 radical (unpaired) electrons. The number of aryl methyl sites for hydroxylation is 2. The molecule has 0 bridgehead atoms. The Morgan fingerprint density at radius 1 is 1.00 bits per heavy atom. The van der Waals surface area contributed by atoms with E-state index < -0.39 is 0 Å². The van der Waals surface area contributed by atoms with Crippen molar-refractivity contribution in [2.75, 3.05) is 19.1 Å². The number of anilines is 1. The van der Waals surface area contributed by atoms with E-state index in [1.807, 2.05) is 55.5 Å². The zero-order valence-corrected chi connectivity index (χ0v) is 18.7. The number of fused-ring (bicyclic) bond motifs is 1. The van der Waals surface area contributed by atoms with E-state index in [0.29, 0.717) is 35.2 Å². The second kappa shape index (κ2) is 9.14. The Bertz CT molecular complexity index is 1250. The number of hydrogen-bond donors (Lipinski definition) is 0. The van der Waals surface area contributed by atoms with Crippen molar-refractivity contribution in [1.82, 2.24) is 4.98 Å². The Labute approximate surface area is 187 Å². The van der Waals surface area contributed by atoms with Crippen LogP contribution >= 0.6 is 0 Å². The monoisotopic (exact) mass is 430 g/mol. The second-order valence-corrected chi connectivity index (χ2v) is 7.51. The van der Waals surface area contributed by atoms with Gasteiger partial charge in [-0.15, -0.1) is 0 Å². The van der Waals surface area contributed by atoms with Gasteiger partial charge < -0.3 is 13.9 Å². The number of pyridine rings is 1. The van der Waals surface area contributed by atoms with Crippen LogP contribution in [0, 0.1) is 6.92 Å². The van der Waals surface area contributed by atoms with Gasteiger partial charge in [0.2, 0.25) is 0 Å². The number of carbonyl (C=O) groups is 1. The fourth-order valence-electron chi connectivity index (χ4n) is 3.75. The first-order valence-corrected chi connectivity index (χ1v) is 10.5. The number of rotatable bonds is 7. The molecular weight excluding hydrogens is 404 g/mol. The Morgan fingerprint density at radius 3 is 2.47 bits per heavy atom. The lowest BCUT2D eigenvalue weighted by Gasteiger charge is -2.21. The normalized spacial score (nSPS) is 10.9. The number of carbonyl (C=O) groups excluding carboxylic acids is 1. The maximum atomic E-state index is 13.7. The van der Waals surface area contributed by atoms with Crippen LogP contribution in [0.15, 0.2) is 65.2 Å². The minimum Gasteiger partial charge on any atom is -0.493 e. The molecule has 164 valence electrons. The Morgan fingerprint density at radius 2 is 1.78 bits per heavy atom. The van der Waals surface area contributed by atoms with Crippen molar-refractivity contribution in [2.24, 2.45) is 0 Å². The summed E-state index contributed by atoms with van der Waals surface area (Å²) >= 11 is 0. The summed E-state index contributed by atoms with van der Waals surface area (Å²) in [6.45, 7) is 4.33. The molecule has 1 amide bonds. The third-order valence-electron chi connectivity index (χ3n) is 5.56. The lowest BCUT2D eigenvalue weighted by molar-refractivity contribution is 0.0959. The highest BCUT2D eigenvalue weighted by Crippen LogP contribution is 2.31. The summed E-state index contributed by atoms with van der Waals surface area (Å²) in [5.74, 6) is 1.85. The molecule has 2 aromatic carbocycles. The molecule has 32 heavy (non-hydrogen) atoms. The first kappa shape index (κ1) is 21.4. The second-order valence-electron chi connectivity index (χ2n) is 7.51. The molecule has 2 heterocycles. The molecule has 0 saturated heterocycles. The average Bonchev–Trinajstić information content (AvgIpc) is 3.18. The van der Waals surface area contributed by atoms with E-state index in [4.69, 9.17) is 13.9 Å². The Balaban J connectivity index is 1.75. The zero-order valence-electron chi connectivity index (χ0n) is 18.7. The van der Waals surface area contributed by atoms with E-state index in [0.717, 1.165) is 22.9 Å². The van der Waals surface area contributed by atoms with Gasteiger partial charge in [-0.2, -0.15) is 0 Å². The minimum absolute atomic E-state index is 0.245. The van der Waals surface area contributed by atoms with Crippen molar-refractivity contribution in [3.63, 3.8) is 0 Å². The van der Waals surface area contributed by atoms with Gasteiger partial charge >= 0.3 is 0 Å². The SMILES string of the molecule is CCc1ccc2oc(C(=O)N(Cc3ccc(OC)c(OC)c3)c3ccccn3)c(C)c2c1. The topological polar surface area (TPSA) is 64.8 Å². The predicted octanol–water partition coefficient (Wildman–Crippen LogP) is 5.56. The molecule has 0 N–H and O–H groups in total. The van der Waals surface area contributed by atoms with Crippen molar-refractivity contribution in [3.05, 3.63) is 83.2 Å². The number of furan rings is 1. The molecule has 0 spiro atoms. The molecular formula is C26H26N2O4. The van der Waals surface area contributed by atoms with Gasteiger partial charge in [0, 0.05) is 17.1 Å². The molecule has 0 atom stereocenters. The van der Waals surface area contributed by atoms with Crippen LogP contribution in [0.25, 0.3) is 11.0 Å². The molecule has 0 aliphatic heterocycles. The first-order valence-electron chi connectivity index (χ1n) is 10.5. The third-order valence-corrected chi connectivity index (χ3v) is 5.56. The van der Waals surface area contributed by atoms with Crippen LogP contribution in [0.3, 0.4) is 0 Å². The maximum Gasteiger partial charge on any atom is 0.295 e. The fraction of sp³-hybridized carbons (Fsp3) is 0.231. The van der Waals surface area contributed by atoms with E-state index in [1.165, 1.54) is 5.56 Å². The summed E-state index contributed by atoms with van der Waals surface area (Å²) in [7, 11) is 3.18. The highest BCUT2D eigenvalue weighted by atomic mass is 16.5. The summed E-state index contributed by atoms with van der Waals surface area (Å²) in [5, 5.41) is 0.958. The number of methoxy groups -OCH3 is 2. The van der Waals surface area contributed by atoms with Crippen molar-refractivity contribution in [3.8, 4) is 11.5 Å². The van der Waals surface area contributed by atoms with Crippen LogP contribution in [0.5, 0.6) is 11.5 Å². The highest BCUT2D eigenvalue weighted by molar-refractivity contribution is 6.07. The van der Waals surface area contributed by atoms with Crippen LogP contribution in [0.2, 0.25) is 0 Å². The van der Waals surface area contributed by atoms with Crippen molar-refractivity contribution in [2.45, 2.75) is 26.8 Å². The van der Waals surface area contributed by atoms with Gasteiger partial charge in [-0.05, 0) is 60.9 Å². The number of aromatic nitrogens is 1. The minimum atomic E-state index is -0.245. The summed E-state index contributed by atoms with van der Waals surface area (Å²) < 4.78 is 16.8. The van der Waals surface area contributed by atoms with Gasteiger partial charge in [-0.3, -0.25) is 9.69 Å². The molecule has 0 unspecified atom stereocenters. The van der Waals surface area contributed by atoms with Gasteiger partial charge in [0.05, 0.1) is 20.8 Å². The van der Waals surface area contributed by atoms with Gasteiger partial charge in [-0.1, -0.05) is 25.1 Å². The van der Waals surface area contributed by atoms with Crippen LogP contribution < -0.4 is 14.4 Å². The fourth-order valence-corrected chi connectivity index (χ4v) is 3.75. The first-order chi connectivity index (χ1) is 15.5. The van der Waals surface area contributed by atoms with Crippen molar-refractivity contribution >= 4 is 22.7 Å². The van der Waals surface area contributed by atoms with Crippen molar-refractivity contribution in [1.29, 1.82) is 0 Å². The lowest BCUT2D eigenvalue weighted by Crippen LogP contribution is -2.31. The molecule has 6 nitrogen and oxygen atoms in total. The van der Waals surface area contributed by atoms with Gasteiger partial charge in [0.25, 0.3) is 5.91 Å². The quantitative estimate of drug-likeness (QED) is 0.384. The number of benzene rings is 2. The number of ether oxygens (including phenoxy) is 2. The molecule has 6 heteroatoms. The maximum absolute atomic E-state index is 13.7. The standard InChI is InChI=1S/C26H26N2O4/c1-5-18-9-11-21-20(14-18)17(2)25(32-21)26(29)28(24-8-6-7-13-27-24)16-19-10-12-22(30-3)23(15-19)31-4/h6-15H,5,16H2,1-4H3. The number of nitrogens with zero attached hydrogens (tertiary/aromatic N) is 2. The van der Waals surface area contributed by atoms with Gasteiger partial charge in [0.1, 0.15) is 11.4 Å². The highest BCUT2D eigenvalue weighted by Gasteiger charge is 2.26. The van der Waals surface area contributed by atoms with E-state index >= 15 is 0 Å². The summed E-state index contributed by atoms with van der Waals surface area (Å²) in [4.78, 5) is 19.7. The molecule has 2 aromatic heterocycles. The molecule has 0 aliphatic rings. The van der Waals surface area contributed by atoms with E-state index in [1.54, 1.807) is 25.3 Å². The number of hydrogen-bond acceptors (Lipinski definition) is 5. The molecule has 4 aromatic rings. The molecule has 0 saturated carbocycles. The predicted molar refractivity (Wildman–Crippen MR) is 125 cm³/mol. The number of amides is 1.